The minimum absolute atomic E-state index is 0.0928. The molecule has 2 N–H and O–H groups in total. The number of para-hydroxylation sites is 1. The van der Waals surface area contributed by atoms with Crippen LogP contribution in [0.3, 0.4) is 0 Å². The van der Waals surface area contributed by atoms with E-state index in [2.05, 4.69) is 10.1 Å². The molecule has 0 spiro atoms. The van der Waals surface area contributed by atoms with E-state index >= 15 is 0 Å². The summed E-state index contributed by atoms with van der Waals surface area (Å²) in [5.74, 6) is -1.26. The number of carbonyl (C=O) groups excluding carboxylic acids is 1. The zero-order valence-corrected chi connectivity index (χ0v) is 18.6. The molecule has 2 aromatic carbocycles. The van der Waals surface area contributed by atoms with Crippen molar-refractivity contribution in [2.45, 2.75) is 12.5 Å². The van der Waals surface area contributed by atoms with Crippen LogP contribution in [0.2, 0.25) is 0 Å². The highest BCUT2D eigenvalue weighted by molar-refractivity contribution is 7.17. The lowest BCUT2D eigenvalue weighted by atomic mass is 9.98. The lowest BCUT2D eigenvalue weighted by Gasteiger charge is -2.22. The Hall–Kier alpha value is -4.30. The molecule has 4 aromatic rings. The fourth-order valence-electron chi connectivity index (χ4n) is 4.01. The van der Waals surface area contributed by atoms with E-state index in [0.29, 0.717) is 33.0 Å². The third-order valence-corrected chi connectivity index (χ3v) is 6.76. The van der Waals surface area contributed by atoms with Gasteiger partial charge in [0, 0.05) is 40.4 Å². The van der Waals surface area contributed by atoms with E-state index in [9.17, 15) is 19.8 Å². The van der Waals surface area contributed by atoms with Crippen molar-refractivity contribution in [3.63, 3.8) is 0 Å². The molecular formula is C26H19N3O4S. The Morgan fingerprint density at radius 1 is 0.971 bits per heavy atom. The number of rotatable bonds is 5. The second-order valence-corrected chi connectivity index (χ2v) is 8.82. The first-order chi connectivity index (χ1) is 16.5. The Kier molecular flexibility index (Phi) is 5.65. The summed E-state index contributed by atoms with van der Waals surface area (Å²) in [7, 11) is 0. The van der Waals surface area contributed by atoms with Crippen molar-refractivity contribution < 1.29 is 19.8 Å². The van der Waals surface area contributed by atoms with Gasteiger partial charge in [-0.2, -0.15) is 5.10 Å². The van der Waals surface area contributed by atoms with Gasteiger partial charge < -0.3 is 10.2 Å². The highest BCUT2D eigenvalue weighted by atomic mass is 32.1. The number of amides is 1. The number of aromatic nitrogens is 1. The van der Waals surface area contributed by atoms with Crippen molar-refractivity contribution in [3.05, 3.63) is 107 Å². The first kappa shape index (κ1) is 21.5. The maximum absolute atomic E-state index is 13.6. The van der Waals surface area contributed by atoms with Crippen molar-refractivity contribution in [1.29, 1.82) is 0 Å². The fourth-order valence-corrected chi connectivity index (χ4v) is 4.99. The summed E-state index contributed by atoms with van der Waals surface area (Å²) < 4.78 is 0. The van der Waals surface area contributed by atoms with Crippen LogP contribution in [0.25, 0.3) is 10.4 Å². The summed E-state index contributed by atoms with van der Waals surface area (Å²) in [6.07, 6.45) is 3.79. The molecule has 7 nitrogen and oxygen atoms in total. The van der Waals surface area contributed by atoms with E-state index in [1.807, 2.05) is 18.2 Å². The molecule has 0 bridgehead atoms. The smallest absolute Gasteiger partial charge is 0.336 e. The summed E-state index contributed by atoms with van der Waals surface area (Å²) in [5, 5.41) is 26.0. The lowest BCUT2D eigenvalue weighted by Crippen LogP contribution is -2.26. The zero-order chi connectivity index (χ0) is 23.7. The molecule has 1 unspecified atom stereocenters. The van der Waals surface area contributed by atoms with Gasteiger partial charge in [-0.3, -0.25) is 9.78 Å². The first-order valence-electron chi connectivity index (χ1n) is 10.5. The SMILES string of the molecule is O=C(O)c1ccccc1-c1ccc(C(=O)N2N=C(c3cccnc3)CC2c2ccccc2O)s1. The molecule has 1 aliphatic heterocycles. The Morgan fingerprint density at radius 3 is 2.53 bits per heavy atom. The Bertz CT molecular complexity index is 1410. The number of carboxylic acids is 1. The van der Waals surface area contributed by atoms with Gasteiger partial charge in [-0.1, -0.05) is 42.5 Å². The van der Waals surface area contributed by atoms with Crippen LogP contribution in [-0.2, 0) is 0 Å². The van der Waals surface area contributed by atoms with Crippen LogP contribution in [0.4, 0.5) is 0 Å². The second-order valence-electron chi connectivity index (χ2n) is 7.73. The average Bonchev–Trinajstić information content (AvgIpc) is 3.53. The minimum Gasteiger partial charge on any atom is -0.508 e. The van der Waals surface area contributed by atoms with Gasteiger partial charge >= 0.3 is 5.97 Å². The topological polar surface area (TPSA) is 103 Å². The number of hydrogen-bond donors (Lipinski definition) is 2. The number of phenols is 1. The number of hydrazone groups is 1. The molecule has 0 fully saturated rings. The van der Waals surface area contributed by atoms with Gasteiger partial charge in [0.15, 0.2) is 0 Å². The van der Waals surface area contributed by atoms with E-state index in [1.54, 1.807) is 60.9 Å². The van der Waals surface area contributed by atoms with E-state index in [0.717, 1.165) is 5.56 Å². The number of benzene rings is 2. The quantitative estimate of drug-likeness (QED) is 0.418. The number of hydrogen-bond acceptors (Lipinski definition) is 6. The number of carbonyl (C=O) groups is 2. The van der Waals surface area contributed by atoms with Gasteiger partial charge in [-0.15, -0.1) is 11.3 Å². The molecule has 3 heterocycles. The molecule has 168 valence electrons. The maximum Gasteiger partial charge on any atom is 0.336 e. The summed E-state index contributed by atoms with van der Waals surface area (Å²) in [6.45, 7) is 0. The van der Waals surface area contributed by atoms with Crippen LogP contribution >= 0.6 is 11.3 Å². The van der Waals surface area contributed by atoms with Crippen LogP contribution in [0.1, 0.15) is 43.6 Å². The Labute approximate surface area is 199 Å². The summed E-state index contributed by atoms with van der Waals surface area (Å²) in [6, 6.07) is 20.2. The number of carboxylic acid groups (broad SMARTS) is 1. The molecule has 2 aromatic heterocycles. The van der Waals surface area contributed by atoms with Crippen molar-refractivity contribution in [3.8, 4) is 16.2 Å². The standard InChI is InChI=1S/C26H19N3O4S/c30-22-10-4-3-9-19(22)21-14-20(16-6-5-13-27-15-16)28-29(21)25(31)24-12-11-23(34-24)17-7-1-2-8-18(17)26(32)33/h1-13,15,21,30H,14H2,(H,32,33). The van der Waals surface area contributed by atoms with Crippen LogP contribution < -0.4 is 0 Å². The van der Waals surface area contributed by atoms with Crippen LogP contribution in [0.5, 0.6) is 5.75 Å². The highest BCUT2D eigenvalue weighted by Crippen LogP contribution is 2.39. The van der Waals surface area contributed by atoms with E-state index < -0.39 is 12.0 Å². The number of phenolic OH excluding ortho intramolecular Hbond substituents is 1. The van der Waals surface area contributed by atoms with Crippen LogP contribution in [0.15, 0.2) is 90.3 Å². The number of aromatic carboxylic acids is 1. The monoisotopic (exact) mass is 469 g/mol. The third-order valence-electron chi connectivity index (χ3n) is 5.65. The average molecular weight is 470 g/mol. The highest BCUT2D eigenvalue weighted by Gasteiger charge is 2.35. The second kappa shape index (κ2) is 8.92. The molecule has 1 amide bonds. The molecule has 0 radical (unpaired) electrons. The van der Waals surface area contributed by atoms with Gasteiger partial charge in [0.05, 0.1) is 22.2 Å². The molecule has 1 aliphatic rings. The van der Waals surface area contributed by atoms with Crippen LogP contribution in [-0.4, -0.2) is 37.8 Å². The summed E-state index contributed by atoms with van der Waals surface area (Å²) in [4.78, 5) is 30.5. The van der Waals surface area contributed by atoms with Crippen molar-refractivity contribution in [2.24, 2.45) is 5.10 Å². The van der Waals surface area contributed by atoms with Gasteiger partial charge in [0.25, 0.3) is 5.91 Å². The first-order valence-corrected chi connectivity index (χ1v) is 11.4. The summed E-state index contributed by atoms with van der Waals surface area (Å²) >= 11 is 1.21. The Balaban J connectivity index is 1.53. The molecule has 34 heavy (non-hydrogen) atoms. The van der Waals surface area contributed by atoms with Crippen molar-refractivity contribution in [1.82, 2.24) is 9.99 Å². The zero-order valence-electron chi connectivity index (χ0n) is 17.8. The van der Waals surface area contributed by atoms with Crippen molar-refractivity contribution in [2.75, 3.05) is 0 Å². The minimum atomic E-state index is -1.03. The van der Waals surface area contributed by atoms with Crippen molar-refractivity contribution >= 4 is 28.9 Å². The molecule has 0 aliphatic carbocycles. The van der Waals surface area contributed by atoms with Gasteiger partial charge in [0.2, 0.25) is 0 Å². The Morgan fingerprint density at radius 2 is 1.76 bits per heavy atom. The molecule has 0 saturated heterocycles. The van der Waals surface area contributed by atoms with E-state index in [-0.39, 0.29) is 17.2 Å². The number of nitrogens with zero attached hydrogens (tertiary/aromatic N) is 3. The van der Waals surface area contributed by atoms with Gasteiger partial charge in [-0.05, 0) is 30.3 Å². The number of thiophene rings is 1. The normalized spacial score (nSPS) is 15.2. The van der Waals surface area contributed by atoms with E-state index in [4.69, 9.17) is 0 Å². The van der Waals surface area contributed by atoms with Gasteiger partial charge in [0.1, 0.15) is 5.75 Å². The van der Waals surface area contributed by atoms with E-state index in [1.165, 1.54) is 22.4 Å². The maximum atomic E-state index is 13.6. The molecular weight excluding hydrogens is 450 g/mol. The molecule has 0 saturated carbocycles. The predicted octanol–water partition coefficient (Wildman–Crippen LogP) is 5.21. The lowest BCUT2D eigenvalue weighted by molar-refractivity contribution is 0.0694. The largest absolute Gasteiger partial charge is 0.508 e. The number of pyridine rings is 1. The third kappa shape index (κ3) is 3.95. The van der Waals surface area contributed by atoms with Gasteiger partial charge in [-0.25, -0.2) is 9.80 Å². The molecule has 8 heteroatoms. The molecule has 1 atom stereocenters. The number of aromatic hydroxyl groups is 1. The summed E-state index contributed by atoms with van der Waals surface area (Å²) in [5.41, 5.74) is 2.83. The predicted molar refractivity (Wildman–Crippen MR) is 129 cm³/mol. The molecule has 5 rings (SSSR count). The van der Waals surface area contributed by atoms with Crippen LogP contribution in [0, 0.1) is 0 Å². The fraction of sp³-hybridized carbons (Fsp3) is 0.0769.